The van der Waals surface area contributed by atoms with Crippen molar-refractivity contribution in [2.45, 2.75) is 44.3 Å². The molecule has 14 heteroatoms. The number of nitrogens with zero attached hydrogens (tertiary/aromatic N) is 4. The molecule has 5 N–H and O–H groups in total. The molecule has 0 radical (unpaired) electrons. The van der Waals surface area contributed by atoms with Crippen LogP contribution in [0.4, 0.5) is 22.2 Å². The summed E-state index contributed by atoms with van der Waals surface area (Å²) in [5.74, 6) is 0.945. The van der Waals surface area contributed by atoms with Crippen LogP contribution >= 0.6 is 23.2 Å². The average Bonchev–Trinajstić information content (AvgIpc) is 2.98. The number of urea groups is 1. The fourth-order valence-electron chi connectivity index (χ4n) is 4.93. The monoisotopic (exact) mass is 602 g/mol. The van der Waals surface area contributed by atoms with Gasteiger partial charge in [0.05, 0.1) is 33.0 Å². The number of hydrogen-bond donors (Lipinski definition) is 4. The van der Waals surface area contributed by atoms with Crippen molar-refractivity contribution in [3.63, 3.8) is 0 Å². The van der Waals surface area contributed by atoms with Gasteiger partial charge in [-0.3, -0.25) is 14.6 Å². The molecule has 1 aliphatic heterocycles. The number of anilines is 3. The number of rotatable bonds is 10. The molecule has 0 spiro atoms. The maximum atomic E-state index is 14.0. The molecule has 1 saturated carbocycles. The zero-order chi connectivity index (χ0) is 29.7. The lowest BCUT2D eigenvalue weighted by Crippen LogP contribution is -2.50. The van der Waals surface area contributed by atoms with Crippen LogP contribution in [0.25, 0.3) is 0 Å². The highest BCUT2D eigenvalue weighted by Gasteiger charge is 2.37. The molecule has 218 valence electrons. The Bertz CT molecular complexity index is 1360. The number of benzene rings is 1. The smallest absolute Gasteiger partial charge is 0.330 e. The number of methoxy groups -OCH3 is 2. The Morgan fingerprint density at radius 2 is 1.88 bits per heavy atom. The topological polar surface area (TPSA) is 159 Å². The van der Waals surface area contributed by atoms with E-state index in [1.165, 1.54) is 42.4 Å². The van der Waals surface area contributed by atoms with E-state index in [0.717, 1.165) is 31.9 Å². The normalized spacial score (nSPS) is 18.8. The van der Waals surface area contributed by atoms with Gasteiger partial charge in [-0.1, -0.05) is 42.6 Å². The number of nitrogens with one attached hydrogen (secondary N) is 3. The van der Waals surface area contributed by atoms with Crippen LogP contribution in [0, 0.1) is 5.41 Å². The van der Waals surface area contributed by atoms with Gasteiger partial charge in [0.2, 0.25) is 11.9 Å². The zero-order valence-electron chi connectivity index (χ0n) is 22.7. The summed E-state index contributed by atoms with van der Waals surface area (Å²) in [6.07, 6.45) is 8.77. The molecule has 2 aromatic rings. The molecule has 2 heterocycles. The molecule has 2 unspecified atom stereocenters. The van der Waals surface area contributed by atoms with Gasteiger partial charge in [0, 0.05) is 47.9 Å². The Kier molecular flexibility index (Phi) is 9.56. The number of halogens is 2. The van der Waals surface area contributed by atoms with Crippen molar-refractivity contribution in [1.29, 1.82) is 5.41 Å². The van der Waals surface area contributed by atoms with E-state index >= 15 is 0 Å². The van der Waals surface area contributed by atoms with Crippen LogP contribution in [0.1, 0.15) is 31.2 Å². The van der Waals surface area contributed by atoms with E-state index in [9.17, 15) is 9.59 Å². The minimum Gasteiger partial charge on any atom is -0.495 e. The SMILES string of the molecule is C=CC(=O)NC1CCCCC1Nc1ncc2c(n1)N(CC(C=N)=CN)C(=O)N(c1c(Cl)c(OC)cc(OC)c1Cl)C2. The van der Waals surface area contributed by atoms with Gasteiger partial charge < -0.3 is 31.3 Å². The highest BCUT2D eigenvalue weighted by Crippen LogP contribution is 2.48. The molecule has 1 aromatic carbocycles. The fourth-order valence-corrected chi connectivity index (χ4v) is 5.63. The van der Waals surface area contributed by atoms with Gasteiger partial charge in [0.15, 0.2) is 0 Å². The Morgan fingerprint density at radius 1 is 1.22 bits per heavy atom. The van der Waals surface area contributed by atoms with Gasteiger partial charge in [-0.25, -0.2) is 9.78 Å². The number of nitrogens with two attached hydrogens (primary N) is 1. The Morgan fingerprint density at radius 3 is 2.46 bits per heavy atom. The Balaban J connectivity index is 1.75. The first kappa shape index (κ1) is 29.9. The van der Waals surface area contributed by atoms with E-state index in [1.807, 2.05) is 0 Å². The van der Waals surface area contributed by atoms with Crippen molar-refractivity contribution in [3.8, 4) is 11.5 Å². The zero-order valence-corrected chi connectivity index (χ0v) is 24.3. The number of amides is 3. The summed E-state index contributed by atoms with van der Waals surface area (Å²) in [4.78, 5) is 38.0. The van der Waals surface area contributed by atoms with Gasteiger partial charge in [0.25, 0.3) is 0 Å². The van der Waals surface area contributed by atoms with Gasteiger partial charge in [-0.15, -0.1) is 0 Å². The van der Waals surface area contributed by atoms with Gasteiger partial charge in [-0.2, -0.15) is 4.98 Å². The van der Waals surface area contributed by atoms with Crippen LogP contribution in [0.5, 0.6) is 11.5 Å². The molecule has 41 heavy (non-hydrogen) atoms. The summed E-state index contributed by atoms with van der Waals surface area (Å²) in [6, 6.07) is 0.795. The largest absolute Gasteiger partial charge is 0.495 e. The summed E-state index contributed by atoms with van der Waals surface area (Å²) >= 11 is 13.3. The number of ether oxygens (including phenoxy) is 2. The fraction of sp³-hybridized carbons (Fsp3) is 0.370. The quantitative estimate of drug-likeness (QED) is 0.232. The minimum absolute atomic E-state index is 0.0451. The van der Waals surface area contributed by atoms with Crippen LogP contribution in [0.3, 0.4) is 0 Å². The highest BCUT2D eigenvalue weighted by molar-refractivity contribution is 6.42. The maximum Gasteiger partial charge on any atom is 0.330 e. The lowest BCUT2D eigenvalue weighted by Gasteiger charge is -2.37. The van der Waals surface area contributed by atoms with Gasteiger partial charge >= 0.3 is 6.03 Å². The van der Waals surface area contributed by atoms with Crippen molar-refractivity contribution in [3.05, 3.63) is 52.3 Å². The van der Waals surface area contributed by atoms with Crippen molar-refractivity contribution < 1.29 is 19.1 Å². The summed E-state index contributed by atoms with van der Waals surface area (Å²) in [6.45, 7) is 3.54. The molecular weight excluding hydrogens is 571 g/mol. The second kappa shape index (κ2) is 13.1. The predicted octanol–water partition coefficient (Wildman–Crippen LogP) is 4.26. The number of carbonyl (C=O) groups excluding carboxylic acids is 2. The van der Waals surface area contributed by atoms with Crippen LogP contribution in [0.15, 0.2) is 36.7 Å². The Labute approximate surface area is 248 Å². The number of fused-ring (bicyclic) bond motifs is 1. The first-order valence-corrected chi connectivity index (χ1v) is 13.7. The molecule has 1 fully saturated rings. The van der Waals surface area contributed by atoms with Gasteiger partial charge in [0.1, 0.15) is 27.4 Å². The molecule has 1 aliphatic carbocycles. The second-order valence-corrected chi connectivity index (χ2v) is 10.3. The first-order chi connectivity index (χ1) is 19.8. The van der Waals surface area contributed by atoms with Crippen LogP contribution in [-0.2, 0) is 11.3 Å². The molecular formula is C27H32Cl2N8O4. The third kappa shape index (κ3) is 6.18. The van der Waals surface area contributed by atoms with Gasteiger partial charge in [-0.05, 0) is 18.9 Å². The summed E-state index contributed by atoms with van der Waals surface area (Å²) in [7, 11) is 2.89. The lowest BCUT2D eigenvalue weighted by atomic mass is 9.90. The van der Waals surface area contributed by atoms with E-state index < -0.39 is 6.03 Å². The Hall–Kier alpha value is -4.03. The number of hydrogen-bond acceptors (Lipinski definition) is 9. The van der Waals surface area contributed by atoms with E-state index in [1.54, 1.807) is 6.20 Å². The molecule has 4 rings (SSSR count). The van der Waals surface area contributed by atoms with Crippen molar-refractivity contribution in [1.82, 2.24) is 15.3 Å². The predicted molar refractivity (Wildman–Crippen MR) is 160 cm³/mol. The standard InChI is InChI=1S/C27H32Cl2N8O4/c1-4-21(38)33-17-7-5-6-8-18(17)34-26-32-12-16-14-36(24-22(28)19(40-2)9-20(41-3)23(24)29)27(39)37(25(16)35-26)13-15(10-30)11-31/h4,9-12,17-18,30H,1,5-8,13-14,31H2,2-3H3,(H,33,38)(H,32,34,35). The highest BCUT2D eigenvalue weighted by atomic mass is 35.5. The van der Waals surface area contributed by atoms with Crippen molar-refractivity contribution in [2.24, 2.45) is 5.73 Å². The van der Waals surface area contributed by atoms with E-state index in [-0.39, 0.29) is 58.3 Å². The van der Waals surface area contributed by atoms with Crippen LogP contribution < -0.4 is 35.6 Å². The first-order valence-electron chi connectivity index (χ1n) is 12.9. The van der Waals surface area contributed by atoms with Crippen LogP contribution in [0.2, 0.25) is 10.0 Å². The van der Waals surface area contributed by atoms with E-state index in [0.29, 0.717) is 22.9 Å². The van der Waals surface area contributed by atoms with Crippen LogP contribution in [-0.4, -0.2) is 61.0 Å². The summed E-state index contributed by atoms with van der Waals surface area (Å²) < 4.78 is 10.8. The maximum absolute atomic E-state index is 14.0. The molecule has 12 nitrogen and oxygen atoms in total. The molecule has 0 bridgehead atoms. The van der Waals surface area contributed by atoms with Crippen molar-refractivity contribution >= 4 is 58.8 Å². The average molecular weight is 604 g/mol. The molecule has 3 amide bonds. The molecule has 2 aliphatic rings. The molecule has 1 aromatic heterocycles. The molecule has 0 saturated heterocycles. The number of carbonyl (C=O) groups is 2. The third-order valence-corrected chi connectivity index (χ3v) is 7.77. The van der Waals surface area contributed by atoms with Crippen molar-refractivity contribution in [2.75, 3.05) is 35.9 Å². The minimum atomic E-state index is -0.503. The van der Waals surface area contributed by atoms with E-state index in [4.69, 9.17) is 48.8 Å². The summed E-state index contributed by atoms with van der Waals surface area (Å²) in [5.41, 5.74) is 6.90. The third-order valence-electron chi connectivity index (χ3n) is 7.04. The second-order valence-electron chi connectivity index (χ2n) is 9.50. The lowest BCUT2D eigenvalue weighted by molar-refractivity contribution is -0.117. The molecule has 2 atom stereocenters. The summed E-state index contributed by atoms with van der Waals surface area (Å²) in [5, 5.41) is 14.3. The van der Waals surface area contributed by atoms with E-state index in [2.05, 4.69) is 22.2 Å². The number of aromatic nitrogens is 2.